The molecule has 0 radical (unpaired) electrons. The fourth-order valence-corrected chi connectivity index (χ4v) is 1.62. The Morgan fingerprint density at radius 3 is 2.58 bits per heavy atom. The summed E-state index contributed by atoms with van der Waals surface area (Å²) in [6, 6.07) is 6.23. The number of halogens is 1. The van der Waals surface area contributed by atoms with Crippen molar-refractivity contribution in [3.8, 4) is 11.3 Å². The van der Waals surface area contributed by atoms with Crippen LogP contribution in [0.3, 0.4) is 0 Å². The van der Waals surface area contributed by atoms with Crippen LogP contribution in [0.5, 0.6) is 0 Å². The van der Waals surface area contributed by atoms with E-state index in [2.05, 4.69) is 9.89 Å². The van der Waals surface area contributed by atoms with Crippen molar-refractivity contribution < 1.29 is 19.0 Å². The molecule has 7 nitrogen and oxygen atoms in total. The highest BCUT2D eigenvalue weighted by Gasteiger charge is 2.33. The lowest BCUT2D eigenvalue weighted by Crippen LogP contribution is -2.05. The Labute approximate surface area is 111 Å². The van der Waals surface area contributed by atoms with Gasteiger partial charge in [0.2, 0.25) is 11.3 Å². The van der Waals surface area contributed by atoms with Crippen LogP contribution in [0.4, 0.5) is 5.82 Å². The monoisotopic (exact) mass is 282 g/mol. The second-order valence-electron chi connectivity index (χ2n) is 3.47. The zero-order valence-corrected chi connectivity index (χ0v) is 10.4. The molecule has 0 N–H and O–H groups in total. The molecule has 0 atom stereocenters. The molecule has 0 bridgehead atoms. The van der Waals surface area contributed by atoms with E-state index in [9.17, 15) is 14.9 Å². The molecule has 98 valence electrons. The normalized spacial score (nSPS) is 10.2. The molecule has 0 saturated heterocycles. The molecule has 8 heteroatoms. The molecule has 0 aliphatic carbocycles. The molecule has 0 aliphatic heterocycles. The summed E-state index contributed by atoms with van der Waals surface area (Å²) in [7, 11) is 1.12. The number of hydrogen-bond acceptors (Lipinski definition) is 6. The Kier molecular flexibility index (Phi) is 3.48. The van der Waals surface area contributed by atoms with Crippen LogP contribution < -0.4 is 0 Å². The molecule has 0 spiro atoms. The van der Waals surface area contributed by atoms with Gasteiger partial charge in [-0.2, -0.15) is 0 Å². The number of carbonyl (C=O) groups excluding carboxylic acids is 1. The highest BCUT2D eigenvalue weighted by Crippen LogP contribution is 2.31. The van der Waals surface area contributed by atoms with Crippen molar-refractivity contribution in [2.75, 3.05) is 7.11 Å². The van der Waals surface area contributed by atoms with Crippen LogP contribution >= 0.6 is 11.6 Å². The van der Waals surface area contributed by atoms with E-state index in [1.807, 2.05) is 0 Å². The Bertz CT molecular complexity index is 635. The maximum Gasteiger partial charge on any atom is 0.428 e. The van der Waals surface area contributed by atoms with Crippen LogP contribution in [0.15, 0.2) is 28.8 Å². The second-order valence-corrected chi connectivity index (χ2v) is 3.90. The van der Waals surface area contributed by atoms with Crippen LogP contribution in [0.2, 0.25) is 5.02 Å². The summed E-state index contributed by atoms with van der Waals surface area (Å²) < 4.78 is 9.37. The molecule has 1 heterocycles. The third-order valence-electron chi connectivity index (χ3n) is 2.34. The number of rotatable bonds is 3. The van der Waals surface area contributed by atoms with Gasteiger partial charge in [-0.25, -0.2) is 4.79 Å². The van der Waals surface area contributed by atoms with Gasteiger partial charge in [0.1, 0.15) is 0 Å². The summed E-state index contributed by atoms with van der Waals surface area (Å²) in [4.78, 5) is 21.6. The van der Waals surface area contributed by atoms with Crippen molar-refractivity contribution in [1.29, 1.82) is 0 Å². The zero-order valence-electron chi connectivity index (χ0n) is 9.62. The number of ether oxygens (including phenoxy) is 1. The molecular formula is C11H7ClN2O5. The first kappa shape index (κ1) is 13.0. The van der Waals surface area contributed by atoms with E-state index in [0.717, 1.165) is 7.11 Å². The molecule has 1 aromatic carbocycles. The van der Waals surface area contributed by atoms with Gasteiger partial charge < -0.3 is 14.9 Å². The van der Waals surface area contributed by atoms with Crippen molar-refractivity contribution in [2.24, 2.45) is 0 Å². The van der Waals surface area contributed by atoms with Gasteiger partial charge in [0, 0.05) is 10.6 Å². The fourth-order valence-electron chi connectivity index (χ4n) is 1.49. The predicted molar refractivity (Wildman–Crippen MR) is 64.9 cm³/mol. The minimum absolute atomic E-state index is 0.0322. The van der Waals surface area contributed by atoms with Gasteiger partial charge in [0.05, 0.1) is 7.11 Å². The van der Waals surface area contributed by atoms with E-state index >= 15 is 0 Å². The number of nitrogens with zero attached hydrogens (tertiary/aromatic N) is 2. The van der Waals surface area contributed by atoms with Crippen molar-refractivity contribution in [3.63, 3.8) is 0 Å². The van der Waals surface area contributed by atoms with Crippen molar-refractivity contribution in [3.05, 3.63) is 45.0 Å². The topological polar surface area (TPSA) is 95.5 Å². The predicted octanol–water partition coefficient (Wildman–Crippen LogP) is 2.69. The van der Waals surface area contributed by atoms with Gasteiger partial charge >= 0.3 is 11.8 Å². The Hall–Kier alpha value is -2.41. The highest BCUT2D eigenvalue weighted by molar-refractivity contribution is 6.30. The zero-order chi connectivity index (χ0) is 14.0. The van der Waals surface area contributed by atoms with Gasteiger partial charge in [-0.05, 0) is 29.2 Å². The van der Waals surface area contributed by atoms with Gasteiger partial charge in [-0.1, -0.05) is 11.6 Å². The summed E-state index contributed by atoms with van der Waals surface area (Å²) >= 11 is 5.74. The first-order valence-electron chi connectivity index (χ1n) is 5.03. The number of aromatic nitrogens is 1. The molecule has 0 saturated carbocycles. The molecule has 0 amide bonds. The third-order valence-corrected chi connectivity index (χ3v) is 2.59. The highest BCUT2D eigenvalue weighted by atomic mass is 35.5. The van der Waals surface area contributed by atoms with Gasteiger partial charge in [0.15, 0.2) is 5.16 Å². The third kappa shape index (κ3) is 2.41. The quantitative estimate of drug-likeness (QED) is 0.488. The lowest BCUT2D eigenvalue weighted by Gasteiger charge is -1.99. The molecule has 0 fully saturated rings. The van der Waals surface area contributed by atoms with E-state index in [0.29, 0.717) is 10.6 Å². The van der Waals surface area contributed by atoms with Gasteiger partial charge in [0.25, 0.3) is 0 Å². The number of methoxy groups -OCH3 is 1. The molecule has 2 rings (SSSR count). The Morgan fingerprint density at radius 1 is 1.42 bits per heavy atom. The summed E-state index contributed by atoms with van der Waals surface area (Å²) in [6.45, 7) is 0. The summed E-state index contributed by atoms with van der Waals surface area (Å²) in [5.74, 6) is -1.61. The molecule has 0 aliphatic rings. The molecule has 19 heavy (non-hydrogen) atoms. The van der Waals surface area contributed by atoms with Crippen LogP contribution in [0.25, 0.3) is 11.3 Å². The van der Waals surface area contributed by atoms with E-state index in [-0.39, 0.29) is 11.3 Å². The average Bonchev–Trinajstić information content (AvgIpc) is 2.83. The van der Waals surface area contributed by atoms with E-state index < -0.39 is 16.7 Å². The lowest BCUT2D eigenvalue weighted by atomic mass is 10.1. The van der Waals surface area contributed by atoms with E-state index in [4.69, 9.17) is 16.1 Å². The first-order valence-corrected chi connectivity index (χ1v) is 5.40. The Balaban J connectivity index is 2.60. The van der Waals surface area contributed by atoms with Crippen LogP contribution in [-0.4, -0.2) is 23.2 Å². The van der Waals surface area contributed by atoms with E-state index in [1.165, 1.54) is 0 Å². The minimum Gasteiger partial charge on any atom is -0.465 e. The van der Waals surface area contributed by atoms with Crippen molar-refractivity contribution in [1.82, 2.24) is 5.16 Å². The van der Waals surface area contributed by atoms with Gasteiger partial charge in [-0.3, -0.25) is 4.52 Å². The van der Waals surface area contributed by atoms with Crippen LogP contribution in [0.1, 0.15) is 10.4 Å². The van der Waals surface area contributed by atoms with Crippen molar-refractivity contribution in [2.45, 2.75) is 0 Å². The largest absolute Gasteiger partial charge is 0.465 e. The molecule has 2 aromatic rings. The van der Waals surface area contributed by atoms with Crippen molar-refractivity contribution >= 4 is 23.4 Å². The molecule has 0 unspecified atom stereocenters. The number of benzene rings is 1. The summed E-state index contributed by atoms with van der Waals surface area (Å²) in [5.41, 5.74) is 0.111. The first-order chi connectivity index (χ1) is 9.04. The Morgan fingerprint density at radius 2 is 2.05 bits per heavy atom. The maximum absolute atomic E-state index is 11.6. The summed E-state index contributed by atoms with van der Waals surface area (Å²) in [5, 5.41) is 14.6. The number of hydrogen-bond donors (Lipinski definition) is 0. The number of esters is 1. The summed E-state index contributed by atoms with van der Waals surface area (Å²) in [6.07, 6.45) is 0. The van der Waals surface area contributed by atoms with E-state index in [1.54, 1.807) is 24.3 Å². The van der Waals surface area contributed by atoms with Crippen LogP contribution in [0, 0.1) is 10.1 Å². The second kappa shape index (κ2) is 5.07. The lowest BCUT2D eigenvalue weighted by molar-refractivity contribution is -0.391. The smallest absolute Gasteiger partial charge is 0.428 e. The standard InChI is InChI=1S/C11H7ClN2O5/c1-18-11(15)8-9(19-13-10(8)14(16)17)6-2-4-7(12)5-3-6/h2-5H,1H3. The maximum atomic E-state index is 11.6. The van der Waals surface area contributed by atoms with Crippen LogP contribution in [-0.2, 0) is 4.74 Å². The number of nitro groups is 1. The minimum atomic E-state index is -0.891. The average molecular weight is 283 g/mol. The molecule has 1 aromatic heterocycles. The fraction of sp³-hybridized carbons (Fsp3) is 0.0909. The number of carbonyl (C=O) groups is 1. The SMILES string of the molecule is COC(=O)c1c([N+](=O)[O-])noc1-c1ccc(Cl)cc1. The molecular weight excluding hydrogens is 276 g/mol. The van der Waals surface area contributed by atoms with Gasteiger partial charge in [-0.15, -0.1) is 0 Å².